The third kappa shape index (κ3) is 6.07. The maximum atomic E-state index is 12.0. The molecule has 0 unspecified atom stereocenters. The number of rotatable bonds is 5. The van der Waals surface area contributed by atoms with Crippen LogP contribution < -0.4 is 21.1 Å². The lowest BCUT2D eigenvalue weighted by molar-refractivity contribution is -0.121. The lowest BCUT2D eigenvalue weighted by Gasteiger charge is -2.19. The lowest BCUT2D eigenvalue weighted by atomic mass is 9.87. The number of nitrogens with two attached hydrogens (primary N) is 1. The number of benzene rings is 2. The van der Waals surface area contributed by atoms with Gasteiger partial charge < -0.3 is 15.8 Å². The molecule has 2 rings (SSSR count). The van der Waals surface area contributed by atoms with Gasteiger partial charge in [-0.05, 0) is 47.5 Å². The summed E-state index contributed by atoms with van der Waals surface area (Å²) in [6.45, 7) is 6.19. The highest BCUT2D eigenvalue weighted by atomic mass is 32.1. The van der Waals surface area contributed by atoms with Crippen LogP contribution in [0.4, 0.5) is 5.69 Å². The molecule has 27 heavy (non-hydrogen) atoms. The third-order valence-electron chi connectivity index (χ3n) is 3.78. The zero-order chi connectivity index (χ0) is 20.0. The molecule has 0 aliphatic rings. The average Bonchev–Trinajstić information content (AvgIpc) is 2.59. The highest BCUT2D eigenvalue weighted by molar-refractivity contribution is 7.80. The van der Waals surface area contributed by atoms with E-state index in [1.807, 2.05) is 24.3 Å². The Labute approximate surface area is 164 Å². The van der Waals surface area contributed by atoms with Gasteiger partial charge in [0.25, 0.3) is 11.8 Å². The Morgan fingerprint density at radius 1 is 1.07 bits per heavy atom. The minimum atomic E-state index is -0.589. The van der Waals surface area contributed by atoms with E-state index in [1.54, 1.807) is 24.3 Å². The maximum Gasteiger partial charge on any atom is 0.264 e. The van der Waals surface area contributed by atoms with Crippen molar-refractivity contribution in [3.8, 4) is 5.75 Å². The third-order valence-corrected chi connectivity index (χ3v) is 3.99. The van der Waals surface area contributed by atoms with Gasteiger partial charge in [0.05, 0.1) is 11.3 Å². The summed E-state index contributed by atoms with van der Waals surface area (Å²) in [7, 11) is 0. The van der Waals surface area contributed by atoms with Crippen molar-refractivity contribution in [3.05, 3.63) is 59.7 Å². The molecular formula is C20H23N3O3S. The molecule has 0 radical (unpaired) electrons. The first kappa shape index (κ1) is 20.4. The van der Waals surface area contributed by atoms with Gasteiger partial charge in [-0.2, -0.15) is 0 Å². The van der Waals surface area contributed by atoms with Crippen LogP contribution >= 0.6 is 12.2 Å². The zero-order valence-corrected chi connectivity index (χ0v) is 16.4. The number of primary amides is 1. The van der Waals surface area contributed by atoms with E-state index in [0.717, 1.165) is 0 Å². The molecule has 0 aliphatic carbocycles. The molecule has 0 aromatic heterocycles. The number of hydrogen-bond donors (Lipinski definition) is 3. The molecular weight excluding hydrogens is 362 g/mol. The van der Waals surface area contributed by atoms with E-state index < -0.39 is 11.8 Å². The van der Waals surface area contributed by atoms with E-state index in [2.05, 4.69) is 31.4 Å². The normalized spacial score (nSPS) is 10.8. The second-order valence-electron chi connectivity index (χ2n) is 6.98. The van der Waals surface area contributed by atoms with Crippen molar-refractivity contribution in [1.29, 1.82) is 0 Å². The minimum Gasteiger partial charge on any atom is -0.484 e. The van der Waals surface area contributed by atoms with Crippen LogP contribution in [0.2, 0.25) is 0 Å². The first-order chi connectivity index (χ1) is 12.7. The Kier molecular flexibility index (Phi) is 6.52. The number of nitrogens with one attached hydrogen (secondary N) is 2. The SMILES string of the molecule is CC(C)(C)c1ccc(OCC(=O)NC(=S)Nc2ccccc2C(N)=O)cc1. The zero-order valence-electron chi connectivity index (χ0n) is 15.5. The predicted octanol–water partition coefficient (Wildman–Crippen LogP) is 2.98. The summed E-state index contributed by atoms with van der Waals surface area (Å²) >= 11 is 5.10. The number of thiocarbonyl (C=S) groups is 1. The quantitative estimate of drug-likeness (QED) is 0.688. The molecule has 4 N–H and O–H groups in total. The average molecular weight is 385 g/mol. The first-order valence-corrected chi connectivity index (χ1v) is 8.80. The van der Waals surface area contributed by atoms with Gasteiger partial charge in [-0.25, -0.2) is 0 Å². The molecule has 7 heteroatoms. The second kappa shape index (κ2) is 8.64. The van der Waals surface area contributed by atoms with Crippen LogP contribution in [0, 0.1) is 0 Å². The fraction of sp³-hybridized carbons (Fsp3) is 0.250. The van der Waals surface area contributed by atoms with Crippen molar-refractivity contribution in [2.24, 2.45) is 5.73 Å². The number of ether oxygens (including phenoxy) is 1. The van der Waals surface area contributed by atoms with Crippen molar-refractivity contribution >= 4 is 34.8 Å². The molecule has 0 fully saturated rings. The van der Waals surface area contributed by atoms with E-state index >= 15 is 0 Å². The monoisotopic (exact) mass is 385 g/mol. The van der Waals surface area contributed by atoms with Crippen LogP contribution in [0.5, 0.6) is 5.75 Å². The molecule has 6 nitrogen and oxygen atoms in total. The van der Waals surface area contributed by atoms with Crippen molar-refractivity contribution in [2.75, 3.05) is 11.9 Å². The maximum absolute atomic E-state index is 12.0. The molecule has 142 valence electrons. The molecule has 0 saturated carbocycles. The lowest BCUT2D eigenvalue weighted by Crippen LogP contribution is -2.37. The van der Waals surface area contributed by atoms with Gasteiger partial charge in [0.2, 0.25) is 0 Å². The summed E-state index contributed by atoms with van der Waals surface area (Å²) in [4.78, 5) is 23.4. The molecule has 2 aromatic carbocycles. The highest BCUT2D eigenvalue weighted by Gasteiger charge is 2.14. The molecule has 0 aliphatic heterocycles. The summed E-state index contributed by atoms with van der Waals surface area (Å²) in [5.41, 5.74) is 7.25. The Morgan fingerprint density at radius 2 is 1.70 bits per heavy atom. The van der Waals surface area contributed by atoms with Crippen LogP contribution in [-0.4, -0.2) is 23.5 Å². The number of carbonyl (C=O) groups is 2. The number of anilines is 1. The van der Waals surface area contributed by atoms with E-state index in [-0.39, 0.29) is 22.7 Å². The number of hydrogen-bond acceptors (Lipinski definition) is 4. The van der Waals surface area contributed by atoms with Crippen LogP contribution in [0.1, 0.15) is 36.7 Å². The van der Waals surface area contributed by atoms with Crippen molar-refractivity contribution in [3.63, 3.8) is 0 Å². The van der Waals surface area contributed by atoms with Gasteiger partial charge in [0.1, 0.15) is 5.75 Å². The summed E-state index contributed by atoms with van der Waals surface area (Å²) < 4.78 is 5.47. The molecule has 0 bridgehead atoms. The summed E-state index contributed by atoms with van der Waals surface area (Å²) in [5, 5.41) is 5.35. The number of amides is 2. The van der Waals surface area contributed by atoms with Crippen LogP contribution in [-0.2, 0) is 10.2 Å². The fourth-order valence-electron chi connectivity index (χ4n) is 2.32. The van der Waals surface area contributed by atoms with Gasteiger partial charge in [0.15, 0.2) is 11.7 Å². The number of para-hydroxylation sites is 1. The Morgan fingerprint density at radius 3 is 2.30 bits per heavy atom. The standard InChI is InChI=1S/C20H23N3O3S/c1-20(2,3)13-8-10-14(11-9-13)26-12-17(24)23-19(27)22-16-7-5-4-6-15(16)18(21)25/h4-11H,12H2,1-3H3,(H2,21,25)(H2,22,23,24,27). The van der Waals surface area contributed by atoms with Crippen molar-refractivity contribution in [1.82, 2.24) is 5.32 Å². The Balaban J connectivity index is 1.87. The van der Waals surface area contributed by atoms with Gasteiger partial charge >= 0.3 is 0 Å². The molecule has 2 amide bonds. The predicted molar refractivity (Wildman–Crippen MR) is 110 cm³/mol. The second-order valence-corrected chi connectivity index (χ2v) is 7.38. The molecule has 2 aromatic rings. The molecule has 0 atom stereocenters. The molecule has 0 heterocycles. The Hall–Kier alpha value is -2.93. The van der Waals surface area contributed by atoms with Crippen LogP contribution in [0.3, 0.4) is 0 Å². The van der Waals surface area contributed by atoms with Crippen molar-refractivity contribution < 1.29 is 14.3 Å². The smallest absolute Gasteiger partial charge is 0.264 e. The Bertz CT molecular complexity index is 842. The summed E-state index contributed by atoms with van der Waals surface area (Å²) in [6.07, 6.45) is 0. The largest absolute Gasteiger partial charge is 0.484 e. The van der Waals surface area contributed by atoms with Gasteiger partial charge in [-0.3, -0.25) is 14.9 Å². The van der Waals surface area contributed by atoms with Gasteiger partial charge in [-0.15, -0.1) is 0 Å². The number of carbonyl (C=O) groups excluding carboxylic acids is 2. The van der Waals surface area contributed by atoms with E-state index in [4.69, 9.17) is 22.7 Å². The molecule has 0 saturated heterocycles. The van der Waals surface area contributed by atoms with Gasteiger partial charge in [0, 0.05) is 0 Å². The highest BCUT2D eigenvalue weighted by Crippen LogP contribution is 2.24. The van der Waals surface area contributed by atoms with E-state index in [1.165, 1.54) is 5.56 Å². The van der Waals surface area contributed by atoms with Gasteiger partial charge in [-0.1, -0.05) is 45.0 Å². The topological polar surface area (TPSA) is 93.4 Å². The van der Waals surface area contributed by atoms with Crippen molar-refractivity contribution in [2.45, 2.75) is 26.2 Å². The molecule has 0 spiro atoms. The fourth-order valence-corrected chi connectivity index (χ4v) is 2.55. The first-order valence-electron chi connectivity index (χ1n) is 8.40. The van der Waals surface area contributed by atoms with Crippen LogP contribution in [0.15, 0.2) is 48.5 Å². The summed E-state index contributed by atoms with van der Waals surface area (Å²) in [6, 6.07) is 14.2. The van der Waals surface area contributed by atoms with E-state index in [0.29, 0.717) is 11.4 Å². The van der Waals surface area contributed by atoms with Crippen LogP contribution in [0.25, 0.3) is 0 Å². The van der Waals surface area contributed by atoms with E-state index in [9.17, 15) is 9.59 Å². The minimum absolute atomic E-state index is 0.0506. The summed E-state index contributed by atoms with van der Waals surface area (Å²) in [5.74, 6) is -0.408.